The number of piperazine rings is 1. The highest BCUT2D eigenvalue weighted by atomic mass is 32.2. The minimum absolute atomic E-state index is 0.477. The normalized spacial score (nSPS) is 16.0. The second-order valence-corrected chi connectivity index (χ2v) is 14.8. The van der Waals surface area contributed by atoms with Crippen molar-refractivity contribution < 1.29 is 22.6 Å². The van der Waals surface area contributed by atoms with Crippen molar-refractivity contribution in [3.05, 3.63) is 90.0 Å². The van der Waals surface area contributed by atoms with E-state index in [0.29, 0.717) is 70.7 Å². The van der Waals surface area contributed by atoms with Crippen molar-refractivity contribution in [2.45, 2.75) is 19.6 Å². The predicted octanol–water partition coefficient (Wildman–Crippen LogP) is 3.32. The Bertz CT molecular complexity index is 1980. The van der Waals surface area contributed by atoms with Crippen molar-refractivity contribution in [3.8, 4) is 22.8 Å². The number of sulfonamides is 1. The molecule has 0 N–H and O–H groups in total. The van der Waals surface area contributed by atoms with E-state index in [-0.39, 0.29) is 0 Å². The number of rotatable bonds is 12. The summed E-state index contributed by atoms with van der Waals surface area (Å²) >= 11 is 0. The molecule has 2 aromatic carbocycles. The van der Waals surface area contributed by atoms with E-state index in [1.807, 2.05) is 47.4 Å². The van der Waals surface area contributed by atoms with Crippen molar-refractivity contribution in [2.24, 2.45) is 0 Å². The second-order valence-electron chi connectivity index (χ2n) is 12.8. The first-order chi connectivity index (χ1) is 24.7. The number of aromatic nitrogens is 5. The minimum atomic E-state index is -3.19. The molecule has 0 unspecified atom stereocenters. The van der Waals surface area contributed by atoms with Gasteiger partial charge in [-0.3, -0.25) is 4.90 Å². The zero-order chi connectivity index (χ0) is 35.4. The van der Waals surface area contributed by atoms with Crippen LogP contribution >= 0.6 is 0 Å². The molecule has 0 spiro atoms. The summed E-state index contributed by atoms with van der Waals surface area (Å²) in [7, 11) is 0.133. The fourth-order valence-corrected chi connectivity index (χ4v) is 7.24. The maximum atomic E-state index is 12.0. The molecule has 3 aromatic heterocycles. The van der Waals surface area contributed by atoms with E-state index in [2.05, 4.69) is 45.0 Å². The monoisotopic (exact) mass is 713 g/mol. The lowest BCUT2D eigenvalue weighted by Gasteiger charge is -2.32. The number of morpholine rings is 1. The Morgan fingerprint density at radius 2 is 1.41 bits per heavy atom. The first-order valence-electron chi connectivity index (χ1n) is 17.0. The van der Waals surface area contributed by atoms with Crippen LogP contribution in [-0.2, 0) is 34.4 Å². The Labute approximate surface area is 298 Å². The first kappa shape index (κ1) is 34.6. The molecule has 5 heterocycles. The lowest BCUT2D eigenvalue weighted by Crippen LogP contribution is -2.47. The van der Waals surface area contributed by atoms with Gasteiger partial charge in [-0.2, -0.15) is 9.40 Å². The Kier molecular flexibility index (Phi) is 10.3. The molecular weight excluding hydrogens is 671 g/mol. The summed E-state index contributed by atoms with van der Waals surface area (Å²) in [6.45, 7) is 6.77. The van der Waals surface area contributed by atoms with Gasteiger partial charge in [-0.25, -0.2) is 27.9 Å². The van der Waals surface area contributed by atoms with E-state index in [9.17, 15) is 8.42 Å². The molecule has 2 saturated heterocycles. The highest BCUT2D eigenvalue weighted by molar-refractivity contribution is 7.88. The van der Waals surface area contributed by atoms with Gasteiger partial charge in [0, 0.05) is 76.9 Å². The molecule has 2 aliphatic heterocycles. The zero-order valence-electron chi connectivity index (χ0n) is 29.2. The molecule has 0 atom stereocenters. The van der Waals surface area contributed by atoms with Crippen molar-refractivity contribution >= 4 is 27.3 Å². The van der Waals surface area contributed by atoms with Gasteiger partial charge in [0.05, 0.1) is 51.3 Å². The van der Waals surface area contributed by atoms with Crippen molar-refractivity contribution in [1.29, 1.82) is 0 Å². The summed E-state index contributed by atoms with van der Waals surface area (Å²) in [4.78, 5) is 21.5. The van der Waals surface area contributed by atoms with Crippen LogP contribution in [0.15, 0.2) is 73.2 Å². The fraction of sp³-hybridized carbons (Fsp3) is 0.389. The molecule has 0 aliphatic carbocycles. The van der Waals surface area contributed by atoms with Gasteiger partial charge in [0.25, 0.3) is 0 Å². The molecule has 0 bridgehead atoms. The van der Waals surface area contributed by atoms with Gasteiger partial charge in [-0.1, -0.05) is 24.3 Å². The quantitative estimate of drug-likeness (QED) is 0.188. The van der Waals surface area contributed by atoms with Crippen molar-refractivity contribution in [2.75, 3.05) is 82.8 Å². The molecule has 2 aliphatic rings. The molecule has 0 radical (unpaired) electrons. The van der Waals surface area contributed by atoms with Gasteiger partial charge < -0.3 is 24.0 Å². The number of hydrogen-bond acceptors (Lipinski definition) is 12. The third kappa shape index (κ3) is 8.22. The number of hydrogen-bond donors (Lipinski definition) is 0. The van der Waals surface area contributed by atoms with Gasteiger partial charge >= 0.3 is 0 Å². The van der Waals surface area contributed by atoms with Crippen LogP contribution in [0.2, 0.25) is 0 Å². The number of ether oxygens (including phenoxy) is 3. The molecule has 15 heteroatoms. The van der Waals surface area contributed by atoms with E-state index in [0.717, 1.165) is 58.3 Å². The Morgan fingerprint density at radius 1 is 0.824 bits per heavy atom. The Balaban J connectivity index is 1.16. The lowest BCUT2D eigenvalue weighted by molar-refractivity contribution is 0.122. The molecule has 268 valence electrons. The van der Waals surface area contributed by atoms with Gasteiger partial charge in [-0.05, 0) is 41.5 Å². The van der Waals surface area contributed by atoms with Crippen molar-refractivity contribution in [3.63, 3.8) is 0 Å². The summed E-state index contributed by atoms with van der Waals surface area (Å²) < 4.78 is 43.8. The van der Waals surface area contributed by atoms with Gasteiger partial charge in [0.15, 0.2) is 5.82 Å². The molecule has 14 nitrogen and oxygen atoms in total. The molecule has 51 heavy (non-hydrogen) atoms. The Hall–Kier alpha value is -4.83. The third-order valence-corrected chi connectivity index (χ3v) is 10.6. The molecule has 7 rings (SSSR count). The fourth-order valence-electron chi connectivity index (χ4n) is 6.42. The molecule has 5 aromatic rings. The largest absolute Gasteiger partial charge is 0.497 e. The average molecular weight is 714 g/mol. The van der Waals surface area contributed by atoms with Crippen LogP contribution in [0.5, 0.6) is 11.5 Å². The predicted molar refractivity (Wildman–Crippen MR) is 195 cm³/mol. The second kappa shape index (κ2) is 15.2. The molecule has 0 amide bonds. The molecule has 0 saturated carbocycles. The minimum Gasteiger partial charge on any atom is -0.497 e. The lowest BCUT2D eigenvalue weighted by atomic mass is 10.1. The highest BCUT2D eigenvalue weighted by Gasteiger charge is 2.25. The average Bonchev–Trinajstić information content (AvgIpc) is 3.57. The smallest absolute Gasteiger partial charge is 0.225 e. The van der Waals surface area contributed by atoms with E-state index < -0.39 is 10.0 Å². The van der Waals surface area contributed by atoms with Crippen LogP contribution in [0.4, 0.5) is 11.8 Å². The number of nitrogens with zero attached hydrogens (tertiary/aromatic N) is 9. The number of benzene rings is 2. The first-order valence-corrected chi connectivity index (χ1v) is 18.8. The topological polar surface area (TPSA) is 131 Å². The van der Waals surface area contributed by atoms with Crippen LogP contribution in [-0.4, -0.2) is 115 Å². The standard InChI is InChI=1S/C36H43N9O5S/c1-48-31-8-4-27(5-9-31)23-43(24-28-6-10-32(49-2)11-7-28)36-37-21-29(22-38-36)33-26-45-34(35(39-33)42-16-18-50-19-17-42)20-30(40-45)25-41-12-14-44(15-13-41)51(3,46)47/h4-11,20-22,26H,12-19,23-25H2,1-3H3. The number of fused-ring (bicyclic) bond motifs is 1. The molecular formula is C36H43N9O5S. The van der Waals surface area contributed by atoms with E-state index in [4.69, 9.17) is 34.3 Å². The summed E-state index contributed by atoms with van der Waals surface area (Å²) in [6.07, 6.45) is 6.83. The summed E-state index contributed by atoms with van der Waals surface area (Å²) in [6, 6.07) is 18.1. The van der Waals surface area contributed by atoms with E-state index >= 15 is 0 Å². The van der Waals surface area contributed by atoms with E-state index in [1.54, 1.807) is 14.2 Å². The van der Waals surface area contributed by atoms with Crippen LogP contribution < -0.4 is 19.3 Å². The third-order valence-electron chi connectivity index (χ3n) is 9.26. The van der Waals surface area contributed by atoms with Gasteiger partial charge in [0.2, 0.25) is 16.0 Å². The summed E-state index contributed by atoms with van der Waals surface area (Å²) in [5.41, 5.74) is 5.50. The SMILES string of the molecule is COc1ccc(CN(Cc2ccc(OC)cc2)c2ncc(-c3cn4nc(CN5CCN(S(C)(=O)=O)CC5)cc4c(N4CCOCC4)n3)cn2)cc1. The van der Waals surface area contributed by atoms with Crippen LogP contribution in [0.1, 0.15) is 16.8 Å². The van der Waals surface area contributed by atoms with Crippen LogP contribution in [0, 0.1) is 0 Å². The number of anilines is 2. The summed E-state index contributed by atoms with van der Waals surface area (Å²) in [5, 5.41) is 4.96. The molecule has 2 fully saturated rings. The van der Waals surface area contributed by atoms with Gasteiger partial charge in [0.1, 0.15) is 17.0 Å². The van der Waals surface area contributed by atoms with Crippen LogP contribution in [0.3, 0.4) is 0 Å². The highest BCUT2D eigenvalue weighted by Crippen LogP contribution is 2.28. The van der Waals surface area contributed by atoms with E-state index in [1.165, 1.54) is 10.6 Å². The number of methoxy groups -OCH3 is 2. The Morgan fingerprint density at radius 3 is 1.96 bits per heavy atom. The van der Waals surface area contributed by atoms with Crippen LogP contribution in [0.25, 0.3) is 16.8 Å². The zero-order valence-corrected chi connectivity index (χ0v) is 30.0. The van der Waals surface area contributed by atoms with Gasteiger partial charge in [-0.15, -0.1) is 0 Å². The maximum Gasteiger partial charge on any atom is 0.225 e. The summed E-state index contributed by atoms with van der Waals surface area (Å²) in [5.74, 6) is 3.04. The van der Waals surface area contributed by atoms with Crippen molar-refractivity contribution in [1.82, 2.24) is 33.8 Å². The maximum absolute atomic E-state index is 12.0.